The van der Waals surface area contributed by atoms with Gasteiger partial charge in [-0.05, 0) is 55.4 Å². The molecule has 12 heteroatoms. The molecule has 2 aromatic carbocycles. The van der Waals surface area contributed by atoms with Gasteiger partial charge in [0, 0.05) is 96.4 Å². The maximum absolute atomic E-state index is 11.9. The zero-order valence-corrected chi connectivity index (χ0v) is 31.9. The lowest BCUT2D eigenvalue weighted by Gasteiger charge is -2.50. The molecule has 4 fully saturated rings. The largest absolute Gasteiger partial charge is 0.481 e. The molecule has 6 aliphatic rings. The summed E-state index contributed by atoms with van der Waals surface area (Å²) < 4.78 is 11.9. The molecular formula is C42H42Cl2N6O4. The number of carbonyl (C=O) groups excluding carboxylic acids is 2. The summed E-state index contributed by atoms with van der Waals surface area (Å²) in [7, 11) is 3.36. The van der Waals surface area contributed by atoms with Gasteiger partial charge >= 0.3 is 0 Å². The summed E-state index contributed by atoms with van der Waals surface area (Å²) in [4.78, 5) is 38.9. The molecule has 0 saturated carbocycles. The summed E-state index contributed by atoms with van der Waals surface area (Å²) in [5, 5.41) is 7.35. The second-order valence-electron chi connectivity index (χ2n) is 16.2. The summed E-state index contributed by atoms with van der Waals surface area (Å²) in [5.74, 6) is 1.57. The fraction of sp³-hybridized carbons (Fsp3) is 0.429. The highest BCUT2D eigenvalue weighted by Crippen LogP contribution is 2.51. The molecule has 6 heterocycles. The molecular weight excluding hydrogens is 723 g/mol. The van der Waals surface area contributed by atoms with Crippen LogP contribution >= 0.6 is 23.2 Å². The van der Waals surface area contributed by atoms with Crippen LogP contribution in [-0.4, -0.2) is 84.1 Å². The number of pyridine rings is 2. The molecule has 4 aliphatic heterocycles. The van der Waals surface area contributed by atoms with Crippen molar-refractivity contribution in [2.75, 3.05) is 46.9 Å². The summed E-state index contributed by atoms with van der Waals surface area (Å²) in [6.45, 7) is 4.29. The van der Waals surface area contributed by atoms with E-state index >= 15 is 0 Å². The summed E-state index contributed by atoms with van der Waals surface area (Å²) in [6, 6.07) is 16.7. The zero-order valence-electron chi connectivity index (χ0n) is 30.4. The SMILES string of the molecule is COc1nc(-c2cccc(-c3cccc(-c4cc5c(c(OC)n4)[C@H](N4CC6(CNC(=O)C6)C4)CC5)c3Cl)c2Cl)cc2c1C(N1CC3(CCC(=O)N3)C1)CC2. The lowest BCUT2D eigenvalue weighted by atomic mass is 9.77. The van der Waals surface area contributed by atoms with Crippen LogP contribution in [0.4, 0.5) is 0 Å². The maximum Gasteiger partial charge on any atom is 0.220 e. The second kappa shape index (κ2) is 12.7. The summed E-state index contributed by atoms with van der Waals surface area (Å²) in [5.41, 5.74) is 9.49. The minimum Gasteiger partial charge on any atom is -0.481 e. The van der Waals surface area contributed by atoms with E-state index in [0.717, 1.165) is 110 Å². The van der Waals surface area contributed by atoms with Crippen LogP contribution in [0.3, 0.4) is 0 Å². The van der Waals surface area contributed by atoms with E-state index in [4.69, 9.17) is 42.6 Å². The van der Waals surface area contributed by atoms with Gasteiger partial charge in [0.05, 0.1) is 41.2 Å². The van der Waals surface area contributed by atoms with Crippen LogP contribution in [0.15, 0.2) is 48.5 Å². The maximum atomic E-state index is 11.9. The Morgan fingerprint density at radius 3 is 1.70 bits per heavy atom. The fourth-order valence-corrected chi connectivity index (χ4v) is 11.0. The number of aromatic nitrogens is 2. The van der Waals surface area contributed by atoms with E-state index in [9.17, 15) is 9.59 Å². The molecule has 54 heavy (non-hydrogen) atoms. The first-order valence-electron chi connectivity index (χ1n) is 19.0. The van der Waals surface area contributed by atoms with Gasteiger partial charge in [-0.3, -0.25) is 19.4 Å². The van der Waals surface area contributed by atoms with Crippen LogP contribution in [0.5, 0.6) is 11.8 Å². The number of aryl methyl sites for hydroxylation is 2. The van der Waals surface area contributed by atoms with Gasteiger partial charge in [0.2, 0.25) is 23.6 Å². The molecule has 1 unspecified atom stereocenters. The molecule has 4 saturated heterocycles. The molecule has 4 aromatic rings. The number of rotatable bonds is 7. The molecule has 2 amide bonds. The van der Waals surface area contributed by atoms with Crippen molar-refractivity contribution in [3.05, 3.63) is 80.8 Å². The number of carbonyl (C=O) groups is 2. The normalized spacial score (nSPS) is 23.6. The fourth-order valence-electron chi connectivity index (χ4n) is 10.3. The Bertz CT molecular complexity index is 2090. The summed E-state index contributed by atoms with van der Waals surface area (Å²) in [6.07, 6.45) is 5.95. The van der Waals surface area contributed by atoms with E-state index < -0.39 is 0 Å². The van der Waals surface area contributed by atoms with E-state index in [0.29, 0.717) is 34.6 Å². The average Bonchev–Trinajstić information content (AvgIpc) is 3.95. The van der Waals surface area contributed by atoms with E-state index in [2.05, 4.69) is 32.6 Å². The highest BCUT2D eigenvalue weighted by Gasteiger charge is 2.52. The Labute approximate surface area is 324 Å². The lowest BCUT2D eigenvalue weighted by Crippen LogP contribution is -2.67. The van der Waals surface area contributed by atoms with Gasteiger partial charge < -0.3 is 20.1 Å². The Kier molecular flexibility index (Phi) is 8.04. The number of fused-ring (bicyclic) bond motifs is 2. The third-order valence-electron chi connectivity index (χ3n) is 12.9. The Hall–Kier alpha value is -4.22. The Morgan fingerprint density at radius 1 is 0.722 bits per heavy atom. The molecule has 278 valence electrons. The third kappa shape index (κ3) is 5.35. The molecule has 0 bridgehead atoms. The van der Waals surface area contributed by atoms with Crippen LogP contribution in [0.1, 0.15) is 66.4 Å². The highest BCUT2D eigenvalue weighted by molar-refractivity contribution is 6.39. The van der Waals surface area contributed by atoms with Gasteiger partial charge in [0.15, 0.2) is 0 Å². The van der Waals surface area contributed by atoms with Crippen LogP contribution in [0.25, 0.3) is 33.6 Å². The minimum atomic E-state index is -0.0755. The van der Waals surface area contributed by atoms with Crippen molar-refractivity contribution in [2.24, 2.45) is 5.41 Å². The Morgan fingerprint density at radius 2 is 1.24 bits per heavy atom. The third-order valence-corrected chi connectivity index (χ3v) is 13.7. The number of halogens is 2. The number of amides is 2. The standard InChI is InChI=1S/C42H42Cl2N6O4/c1-53-39-35-23(9-11-31(35)49-19-41(20-49)17-34(52)45-18-41)15-29(46-39)27-7-3-5-25(37(27)43)26-6-4-8-28(38(26)44)30-16-24-10-12-32(36(24)40(47-30)54-2)50-21-42(22-50)14-13-33(51)48-42/h3-8,15-16,31-32H,9-14,17-22H2,1-2H3,(H,45,52)(H,48,51)/t31-,32?/m1/s1. The predicted molar refractivity (Wildman–Crippen MR) is 207 cm³/mol. The number of methoxy groups -OCH3 is 2. The first kappa shape index (κ1) is 34.3. The number of nitrogens with one attached hydrogen (secondary N) is 2. The van der Waals surface area contributed by atoms with E-state index in [1.807, 2.05) is 36.4 Å². The van der Waals surface area contributed by atoms with Crippen molar-refractivity contribution in [1.82, 2.24) is 30.4 Å². The zero-order chi connectivity index (χ0) is 36.9. The smallest absolute Gasteiger partial charge is 0.220 e. The van der Waals surface area contributed by atoms with Gasteiger partial charge in [0.1, 0.15) is 0 Å². The molecule has 10 rings (SSSR count). The number of nitrogens with zero attached hydrogens (tertiary/aromatic N) is 4. The average molecular weight is 766 g/mol. The van der Waals surface area contributed by atoms with Crippen molar-refractivity contribution in [3.8, 4) is 45.4 Å². The van der Waals surface area contributed by atoms with Gasteiger partial charge in [0.25, 0.3) is 0 Å². The first-order chi connectivity index (χ1) is 26.2. The van der Waals surface area contributed by atoms with Gasteiger partial charge in [-0.25, -0.2) is 9.97 Å². The van der Waals surface area contributed by atoms with Gasteiger partial charge in [-0.15, -0.1) is 0 Å². The summed E-state index contributed by atoms with van der Waals surface area (Å²) >= 11 is 14.6. The van der Waals surface area contributed by atoms with Crippen LogP contribution in [-0.2, 0) is 22.4 Å². The number of likely N-dealkylation sites (tertiary alicyclic amines) is 2. The topological polar surface area (TPSA) is 109 Å². The number of hydrogen-bond acceptors (Lipinski definition) is 8. The molecule has 2 atom stereocenters. The number of ether oxygens (including phenoxy) is 2. The molecule has 2 aromatic heterocycles. The Balaban J connectivity index is 0.937. The molecule has 2 N–H and O–H groups in total. The van der Waals surface area contributed by atoms with Crippen LogP contribution in [0, 0.1) is 5.41 Å². The van der Waals surface area contributed by atoms with Crippen molar-refractivity contribution in [1.29, 1.82) is 0 Å². The molecule has 10 nitrogen and oxygen atoms in total. The van der Waals surface area contributed by atoms with Crippen molar-refractivity contribution in [3.63, 3.8) is 0 Å². The second-order valence-corrected chi connectivity index (χ2v) is 17.0. The van der Waals surface area contributed by atoms with E-state index in [1.54, 1.807) is 14.2 Å². The van der Waals surface area contributed by atoms with E-state index in [-0.39, 0.29) is 34.9 Å². The van der Waals surface area contributed by atoms with Crippen molar-refractivity contribution < 1.29 is 19.1 Å². The minimum absolute atomic E-state index is 0.0633. The van der Waals surface area contributed by atoms with E-state index in [1.165, 1.54) is 11.1 Å². The number of hydrogen-bond donors (Lipinski definition) is 2. The predicted octanol–water partition coefficient (Wildman–Crippen LogP) is 6.56. The quantitative estimate of drug-likeness (QED) is 0.218. The van der Waals surface area contributed by atoms with Crippen LogP contribution in [0.2, 0.25) is 10.0 Å². The molecule has 0 radical (unpaired) electrons. The first-order valence-corrected chi connectivity index (χ1v) is 19.7. The monoisotopic (exact) mass is 764 g/mol. The van der Waals surface area contributed by atoms with Gasteiger partial charge in [-0.2, -0.15) is 0 Å². The molecule has 2 spiro atoms. The number of benzene rings is 2. The van der Waals surface area contributed by atoms with Crippen molar-refractivity contribution >= 4 is 35.0 Å². The van der Waals surface area contributed by atoms with Crippen LogP contribution < -0.4 is 20.1 Å². The highest BCUT2D eigenvalue weighted by atomic mass is 35.5. The van der Waals surface area contributed by atoms with Gasteiger partial charge in [-0.1, -0.05) is 59.6 Å². The lowest BCUT2D eigenvalue weighted by molar-refractivity contribution is -0.121. The van der Waals surface area contributed by atoms with Crippen molar-refractivity contribution in [2.45, 2.75) is 62.6 Å². The molecule has 2 aliphatic carbocycles.